The smallest absolute Gasteiger partial charge is 0.306 e. The summed E-state index contributed by atoms with van der Waals surface area (Å²) >= 11 is 0. The van der Waals surface area contributed by atoms with E-state index in [-0.39, 0.29) is 17.8 Å². The first kappa shape index (κ1) is 27.0. The van der Waals surface area contributed by atoms with Gasteiger partial charge in [-0.15, -0.1) is 0 Å². The second kappa shape index (κ2) is 12.5. The van der Waals surface area contributed by atoms with Crippen molar-refractivity contribution < 1.29 is 14.3 Å². The summed E-state index contributed by atoms with van der Waals surface area (Å²) in [5, 5.41) is 0. The Morgan fingerprint density at radius 2 is 1.51 bits per heavy atom. The predicted molar refractivity (Wildman–Crippen MR) is 158 cm³/mol. The number of amides is 1. The monoisotopic (exact) mass is 524 g/mol. The van der Waals surface area contributed by atoms with E-state index >= 15 is 0 Å². The van der Waals surface area contributed by atoms with Crippen LogP contribution in [0, 0.1) is 11.8 Å². The van der Waals surface area contributed by atoms with Gasteiger partial charge >= 0.3 is 5.97 Å². The van der Waals surface area contributed by atoms with Crippen LogP contribution in [0.15, 0.2) is 72.8 Å². The molecule has 1 aliphatic carbocycles. The zero-order valence-corrected chi connectivity index (χ0v) is 23.3. The molecule has 1 aliphatic heterocycles. The number of ether oxygens (including phenoxy) is 1. The fraction of sp³-hybridized carbons (Fsp3) is 0.412. The summed E-state index contributed by atoms with van der Waals surface area (Å²) in [7, 11) is 4.09. The third-order valence-corrected chi connectivity index (χ3v) is 8.22. The highest BCUT2D eigenvalue weighted by Crippen LogP contribution is 2.31. The molecule has 5 nitrogen and oxygen atoms in total. The number of carbonyl (C=O) groups excluding carboxylic acids is 2. The van der Waals surface area contributed by atoms with Gasteiger partial charge in [-0.1, -0.05) is 67.8 Å². The third kappa shape index (κ3) is 6.89. The van der Waals surface area contributed by atoms with Crippen molar-refractivity contribution in [2.24, 2.45) is 11.8 Å². The van der Waals surface area contributed by atoms with Crippen LogP contribution in [0.4, 0.5) is 11.4 Å². The molecule has 2 fully saturated rings. The van der Waals surface area contributed by atoms with Crippen molar-refractivity contribution in [2.75, 3.05) is 30.5 Å². The van der Waals surface area contributed by atoms with E-state index in [2.05, 4.69) is 71.6 Å². The van der Waals surface area contributed by atoms with E-state index in [9.17, 15) is 9.59 Å². The van der Waals surface area contributed by atoms with Crippen LogP contribution in [-0.2, 0) is 27.3 Å². The molecule has 0 radical (unpaired) electrons. The molecule has 0 spiro atoms. The number of cyclic esters (lactones) is 1. The second-order valence-corrected chi connectivity index (χ2v) is 11.4. The van der Waals surface area contributed by atoms with Crippen molar-refractivity contribution in [3.05, 3.63) is 83.9 Å². The van der Waals surface area contributed by atoms with E-state index < -0.39 is 0 Å². The van der Waals surface area contributed by atoms with E-state index in [4.69, 9.17) is 4.74 Å². The van der Waals surface area contributed by atoms with E-state index in [1.165, 1.54) is 28.8 Å². The lowest BCUT2D eigenvalue weighted by Crippen LogP contribution is -2.36. The van der Waals surface area contributed by atoms with Crippen LogP contribution in [0.1, 0.15) is 56.1 Å². The molecule has 5 rings (SSSR count). The number of rotatable bonds is 8. The summed E-state index contributed by atoms with van der Waals surface area (Å²) in [4.78, 5) is 29.8. The lowest BCUT2D eigenvalue weighted by atomic mass is 9.88. The molecule has 1 saturated heterocycles. The zero-order chi connectivity index (χ0) is 27.2. The van der Waals surface area contributed by atoms with E-state index in [0.29, 0.717) is 25.5 Å². The maximum Gasteiger partial charge on any atom is 0.306 e. The number of benzene rings is 3. The van der Waals surface area contributed by atoms with Gasteiger partial charge < -0.3 is 14.5 Å². The van der Waals surface area contributed by atoms with Crippen molar-refractivity contribution in [1.29, 1.82) is 0 Å². The fourth-order valence-electron chi connectivity index (χ4n) is 5.90. The number of hydrogen-bond acceptors (Lipinski definition) is 4. The minimum atomic E-state index is -0.103. The molecule has 5 heteroatoms. The first-order chi connectivity index (χ1) is 19.0. The van der Waals surface area contributed by atoms with Gasteiger partial charge in [-0.25, -0.2) is 0 Å². The minimum Gasteiger partial charge on any atom is -0.466 e. The van der Waals surface area contributed by atoms with Crippen LogP contribution in [-0.4, -0.2) is 32.6 Å². The molecule has 0 aromatic heterocycles. The Bertz CT molecular complexity index is 1260. The Kier molecular flexibility index (Phi) is 8.65. The molecule has 1 saturated carbocycles. The highest BCUT2D eigenvalue weighted by atomic mass is 16.5. The topological polar surface area (TPSA) is 49.9 Å². The Morgan fingerprint density at radius 3 is 2.18 bits per heavy atom. The highest BCUT2D eigenvalue weighted by molar-refractivity contribution is 5.95. The first-order valence-corrected chi connectivity index (χ1v) is 14.4. The lowest BCUT2D eigenvalue weighted by Gasteiger charge is -2.30. The molecule has 1 amide bonds. The van der Waals surface area contributed by atoms with Gasteiger partial charge in [0, 0.05) is 37.8 Å². The van der Waals surface area contributed by atoms with Crippen molar-refractivity contribution in [2.45, 2.75) is 57.9 Å². The van der Waals surface area contributed by atoms with Crippen molar-refractivity contribution in [3.8, 4) is 11.1 Å². The molecule has 1 atom stereocenters. The van der Waals surface area contributed by atoms with Gasteiger partial charge in [-0.2, -0.15) is 0 Å². The van der Waals surface area contributed by atoms with Crippen LogP contribution in [0.25, 0.3) is 11.1 Å². The summed E-state index contributed by atoms with van der Waals surface area (Å²) in [5.74, 6) is 0.512. The zero-order valence-electron chi connectivity index (χ0n) is 23.3. The summed E-state index contributed by atoms with van der Waals surface area (Å²) in [6, 6.07) is 25.6. The summed E-state index contributed by atoms with van der Waals surface area (Å²) in [6.07, 6.45) is 7.62. The van der Waals surface area contributed by atoms with Gasteiger partial charge in [0.1, 0.15) is 0 Å². The molecular weight excluding hydrogens is 484 g/mol. The Morgan fingerprint density at radius 1 is 0.821 bits per heavy atom. The van der Waals surface area contributed by atoms with Crippen molar-refractivity contribution >= 4 is 23.3 Å². The number of esters is 1. The number of anilines is 2. The number of nitrogens with zero attached hydrogens (tertiary/aromatic N) is 2. The minimum absolute atomic E-state index is 0.0880. The Labute approximate surface area is 232 Å². The SMILES string of the molecule is CN(C)c1ccc(-c2ccc(CN(C(=O)C3CCCCC3)c3cccc(CC4CCOC(=O)C4)c3)cc2)cc1. The van der Waals surface area contributed by atoms with Crippen LogP contribution in [0.3, 0.4) is 0 Å². The van der Waals surface area contributed by atoms with Gasteiger partial charge in [0.15, 0.2) is 0 Å². The number of hydrogen-bond donors (Lipinski definition) is 0. The van der Waals surface area contributed by atoms with Crippen LogP contribution in [0.5, 0.6) is 0 Å². The second-order valence-electron chi connectivity index (χ2n) is 11.4. The molecule has 0 bridgehead atoms. The molecule has 3 aromatic carbocycles. The van der Waals surface area contributed by atoms with Gasteiger partial charge in [0.25, 0.3) is 0 Å². The van der Waals surface area contributed by atoms with Crippen molar-refractivity contribution in [1.82, 2.24) is 0 Å². The van der Waals surface area contributed by atoms with Crippen molar-refractivity contribution in [3.63, 3.8) is 0 Å². The molecule has 3 aromatic rings. The maximum absolute atomic E-state index is 13.9. The summed E-state index contributed by atoms with van der Waals surface area (Å²) in [6.45, 7) is 1.06. The quantitative estimate of drug-likeness (QED) is 0.297. The third-order valence-electron chi connectivity index (χ3n) is 8.22. The van der Waals surface area contributed by atoms with Gasteiger partial charge in [-0.3, -0.25) is 9.59 Å². The Hall–Kier alpha value is -3.60. The fourth-order valence-corrected chi connectivity index (χ4v) is 5.90. The maximum atomic E-state index is 13.9. The van der Waals surface area contributed by atoms with Crippen LogP contribution >= 0.6 is 0 Å². The average molecular weight is 525 g/mol. The molecule has 1 unspecified atom stereocenters. The van der Waals surface area contributed by atoms with Gasteiger partial charge in [0.05, 0.1) is 13.2 Å². The molecule has 0 N–H and O–H groups in total. The highest BCUT2D eigenvalue weighted by Gasteiger charge is 2.28. The molecular formula is C34H40N2O3. The molecule has 204 valence electrons. The molecule has 2 aliphatic rings. The lowest BCUT2D eigenvalue weighted by molar-refractivity contribution is -0.149. The molecule has 39 heavy (non-hydrogen) atoms. The van der Waals surface area contributed by atoms with Crippen LogP contribution < -0.4 is 9.80 Å². The average Bonchev–Trinajstić information content (AvgIpc) is 2.96. The standard InChI is InChI=1S/C34H40N2O3/c1-35(2)31-17-15-29(16-18-31)28-13-11-25(12-14-28)24-36(34(38)30-8-4-3-5-9-30)32-10-6-7-26(22-32)21-27-19-20-39-33(37)23-27/h6-7,10-18,22,27,30H,3-5,8-9,19-21,23-24H2,1-2H3. The van der Waals surface area contributed by atoms with Gasteiger partial charge in [0.2, 0.25) is 5.91 Å². The summed E-state index contributed by atoms with van der Waals surface area (Å²) < 4.78 is 5.13. The number of carbonyl (C=O) groups is 2. The first-order valence-electron chi connectivity index (χ1n) is 14.4. The Balaban J connectivity index is 1.36. The van der Waals surface area contributed by atoms with Crippen LogP contribution in [0.2, 0.25) is 0 Å². The predicted octanol–water partition coefficient (Wildman–Crippen LogP) is 7.03. The van der Waals surface area contributed by atoms with E-state index in [1.54, 1.807) is 0 Å². The normalized spacial score (nSPS) is 17.9. The van der Waals surface area contributed by atoms with Gasteiger partial charge in [-0.05, 0) is 78.1 Å². The largest absolute Gasteiger partial charge is 0.466 e. The van der Waals surface area contributed by atoms with E-state index in [1.807, 2.05) is 25.1 Å². The molecule has 1 heterocycles. The van der Waals surface area contributed by atoms with E-state index in [0.717, 1.165) is 49.8 Å². The summed E-state index contributed by atoms with van der Waals surface area (Å²) in [5.41, 5.74) is 6.77.